The van der Waals surface area contributed by atoms with E-state index >= 15 is 0 Å². The van der Waals surface area contributed by atoms with Gasteiger partial charge in [-0.3, -0.25) is 4.57 Å². The highest BCUT2D eigenvalue weighted by molar-refractivity contribution is 9.10. The van der Waals surface area contributed by atoms with Gasteiger partial charge in [0.1, 0.15) is 11.6 Å². The number of rotatable bonds is 4. The number of hydrogen-bond acceptors (Lipinski definition) is 3. The molecule has 0 bridgehead atoms. The van der Waals surface area contributed by atoms with Crippen molar-refractivity contribution in [1.29, 1.82) is 0 Å². The Morgan fingerprint density at radius 3 is 2.94 bits per heavy atom. The Balaban J connectivity index is 2.48. The maximum absolute atomic E-state index is 5.76. The minimum absolute atomic E-state index is 0.464. The summed E-state index contributed by atoms with van der Waals surface area (Å²) in [5.41, 5.74) is 6.76. The van der Waals surface area contributed by atoms with Gasteiger partial charge in [0.15, 0.2) is 0 Å². The normalized spacial score (nSPS) is 10.8. The molecule has 0 atom stereocenters. The highest BCUT2D eigenvalue weighted by Gasteiger charge is 2.09. The highest BCUT2D eigenvalue weighted by atomic mass is 79.9. The Morgan fingerprint density at radius 1 is 1.41 bits per heavy atom. The number of imidazole rings is 1. The van der Waals surface area contributed by atoms with E-state index in [9.17, 15) is 0 Å². The molecule has 0 aliphatic carbocycles. The van der Waals surface area contributed by atoms with E-state index in [-0.39, 0.29) is 0 Å². The lowest BCUT2D eigenvalue weighted by molar-refractivity contribution is 0.789. The first-order valence-electron chi connectivity index (χ1n) is 5.63. The van der Waals surface area contributed by atoms with E-state index in [2.05, 4.69) is 32.8 Å². The first-order chi connectivity index (χ1) is 8.26. The number of aryl methyl sites for hydroxylation is 1. The van der Waals surface area contributed by atoms with Crippen molar-refractivity contribution in [2.75, 3.05) is 0 Å². The van der Waals surface area contributed by atoms with E-state index in [0.717, 1.165) is 34.5 Å². The number of nitrogens with zero attached hydrogens (tertiary/aromatic N) is 3. The molecule has 0 radical (unpaired) electrons. The van der Waals surface area contributed by atoms with E-state index in [4.69, 9.17) is 5.73 Å². The molecule has 0 unspecified atom stereocenters. The van der Waals surface area contributed by atoms with Crippen molar-refractivity contribution in [1.82, 2.24) is 14.5 Å². The van der Waals surface area contributed by atoms with Gasteiger partial charge in [0.25, 0.3) is 0 Å². The number of hydrogen-bond donors (Lipinski definition) is 1. The Kier molecular flexibility index (Phi) is 3.91. The SMILES string of the molecule is CCCc1nccn1-c1ncc(Br)cc1CN. The molecule has 0 amide bonds. The lowest BCUT2D eigenvalue weighted by atomic mass is 10.2. The highest BCUT2D eigenvalue weighted by Crippen LogP contribution is 2.18. The molecular formula is C12H15BrN4. The lowest BCUT2D eigenvalue weighted by Gasteiger charge is -2.10. The molecule has 0 aromatic carbocycles. The Morgan fingerprint density at radius 2 is 2.24 bits per heavy atom. The minimum Gasteiger partial charge on any atom is -0.326 e. The lowest BCUT2D eigenvalue weighted by Crippen LogP contribution is -2.09. The van der Waals surface area contributed by atoms with Crippen molar-refractivity contribution < 1.29 is 0 Å². The van der Waals surface area contributed by atoms with Gasteiger partial charge in [-0.15, -0.1) is 0 Å². The van der Waals surface area contributed by atoms with Gasteiger partial charge in [-0.1, -0.05) is 6.92 Å². The Bertz CT molecular complexity index is 507. The molecule has 2 rings (SSSR count). The van der Waals surface area contributed by atoms with E-state index in [1.165, 1.54) is 0 Å². The Labute approximate surface area is 109 Å². The van der Waals surface area contributed by atoms with Gasteiger partial charge in [0.2, 0.25) is 0 Å². The zero-order valence-corrected chi connectivity index (χ0v) is 11.3. The fraction of sp³-hybridized carbons (Fsp3) is 0.333. The summed E-state index contributed by atoms with van der Waals surface area (Å²) >= 11 is 3.41. The van der Waals surface area contributed by atoms with Crippen LogP contribution in [0.15, 0.2) is 29.1 Å². The zero-order valence-electron chi connectivity index (χ0n) is 9.73. The summed E-state index contributed by atoms with van der Waals surface area (Å²) in [6.07, 6.45) is 7.51. The standard InChI is InChI=1S/C12H15BrN4/c1-2-3-11-15-4-5-17(11)12-9(7-14)6-10(13)8-16-12/h4-6,8H,2-3,7,14H2,1H3. The summed E-state index contributed by atoms with van der Waals surface area (Å²) in [6.45, 7) is 2.60. The van der Waals surface area contributed by atoms with Crippen LogP contribution in [-0.4, -0.2) is 14.5 Å². The van der Waals surface area contributed by atoms with Gasteiger partial charge in [-0.2, -0.15) is 0 Å². The summed E-state index contributed by atoms with van der Waals surface area (Å²) in [5, 5.41) is 0. The van der Waals surface area contributed by atoms with Gasteiger partial charge in [0, 0.05) is 41.6 Å². The fourth-order valence-electron chi connectivity index (χ4n) is 1.78. The van der Waals surface area contributed by atoms with Crippen molar-refractivity contribution in [3.05, 3.63) is 40.5 Å². The second-order valence-electron chi connectivity index (χ2n) is 3.80. The van der Waals surface area contributed by atoms with E-state index in [1.807, 2.05) is 16.8 Å². The van der Waals surface area contributed by atoms with Crippen LogP contribution in [0.3, 0.4) is 0 Å². The van der Waals surface area contributed by atoms with E-state index in [0.29, 0.717) is 6.54 Å². The molecule has 2 heterocycles. The quantitative estimate of drug-likeness (QED) is 0.942. The molecule has 0 spiro atoms. The van der Waals surface area contributed by atoms with Crippen LogP contribution < -0.4 is 5.73 Å². The van der Waals surface area contributed by atoms with Gasteiger partial charge in [-0.05, 0) is 28.4 Å². The number of nitrogens with two attached hydrogens (primary N) is 1. The zero-order chi connectivity index (χ0) is 12.3. The average Bonchev–Trinajstić information content (AvgIpc) is 2.77. The summed E-state index contributed by atoms with van der Waals surface area (Å²) in [5.74, 6) is 1.90. The molecule has 0 fully saturated rings. The fourth-order valence-corrected chi connectivity index (χ4v) is 2.16. The number of halogens is 1. The second-order valence-corrected chi connectivity index (χ2v) is 4.72. The van der Waals surface area contributed by atoms with Crippen molar-refractivity contribution in [2.24, 2.45) is 5.73 Å². The third-order valence-corrected chi connectivity index (χ3v) is 2.98. The van der Waals surface area contributed by atoms with Gasteiger partial charge in [0.05, 0.1) is 0 Å². The maximum Gasteiger partial charge on any atom is 0.142 e. The molecule has 90 valence electrons. The summed E-state index contributed by atoms with van der Waals surface area (Å²) < 4.78 is 2.96. The maximum atomic E-state index is 5.76. The van der Waals surface area contributed by atoms with Crippen LogP contribution in [0, 0.1) is 0 Å². The molecule has 0 aliphatic heterocycles. The minimum atomic E-state index is 0.464. The third kappa shape index (κ3) is 2.56. The van der Waals surface area contributed by atoms with Crippen molar-refractivity contribution in [2.45, 2.75) is 26.3 Å². The van der Waals surface area contributed by atoms with Crippen LogP contribution in [0.1, 0.15) is 24.7 Å². The first kappa shape index (κ1) is 12.3. The largest absolute Gasteiger partial charge is 0.326 e. The number of aromatic nitrogens is 3. The second kappa shape index (κ2) is 5.42. The molecule has 0 aliphatic rings. The molecule has 2 aromatic rings. The molecule has 0 saturated heterocycles. The van der Waals surface area contributed by atoms with E-state index < -0.39 is 0 Å². The molecule has 2 aromatic heterocycles. The van der Waals surface area contributed by atoms with Crippen LogP contribution >= 0.6 is 15.9 Å². The van der Waals surface area contributed by atoms with Crippen LogP contribution in [0.4, 0.5) is 0 Å². The van der Waals surface area contributed by atoms with Crippen LogP contribution in [0.2, 0.25) is 0 Å². The van der Waals surface area contributed by atoms with Crippen molar-refractivity contribution in [3.8, 4) is 5.82 Å². The smallest absolute Gasteiger partial charge is 0.142 e. The topological polar surface area (TPSA) is 56.7 Å². The summed E-state index contributed by atoms with van der Waals surface area (Å²) in [7, 11) is 0. The molecule has 2 N–H and O–H groups in total. The number of pyridine rings is 1. The van der Waals surface area contributed by atoms with Gasteiger partial charge >= 0.3 is 0 Å². The van der Waals surface area contributed by atoms with Gasteiger partial charge in [-0.25, -0.2) is 9.97 Å². The van der Waals surface area contributed by atoms with Crippen LogP contribution in [0.25, 0.3) is 5.82 Å². The third-order valence-electron chi connectivity index (χ3n) is 2.55. The first-order valence-corrected chi connectivity index (χ1v) is 6.42. The molecule has 4 nitrogen and oxygen atoms in total. The molecule has 5 heteroatoms. The summed E-state index contributed by atoms with van der Waals surface area (Å²) in [6, 6.07) is 2.00. The van der Waals surface area contributed by atoms with Crippen molar-refractivity contribution in [3.63, 3.8) is 0 Å². The van der Waals surface area contributed by atoms with E-state index in [1.54, 1.807) is 12.4 Å². The monoisotopic (exact) mass is 294 g/mol. The van der Waals surface area contributed by atoms with Gasteiger partial charge < -0.3 is 5.73 Å². The predicted octanol–water partition coefficient (Wildman–Crippen LogP) is 2.44. The van der Waals surface area contributed by atoms with Crippen molar-refractivity contribution >= 4 is 15.9 Å². The van der Waals surface area contributed by atoms with Crippen LogP contribution in [-0.2, 0) is 13.0 Å². The molecule has 17 heavy (non-hydrogen) atoms. The molecule has 0 saturated carbocycles. The average molecular weight is 295 g/mol. The van der Waals surface area contributed by atoms with Crippen LogP contribution in [0.5, 0.6) is 0 Å². The molecular weight excluding hydrogens is 280 g/mol. The Hall–Kier alpha value is -1.20. The predicted molar refractivity (Wildman–Crippen MR) is 70.9 cm³/mol. The summed E-state index contributed by atoms with van der Waals surface area (Å²) in [4.78, 5) is 8.78.